The lowest BCUT2D eigenvalue weighted by molar-refractivity contribution is -0.112. The Labute approximate surface area is 164 Å². The van der Waals surface area contributed by atoms with E-state index in [0.29, 0.717) is 20.4 Å². The lowest BCUT2D eigenvalue weighted by atomic mass is 10.1. The van der Waals surface area contributed by atoms with E-state index in [0.717, 1.165) is 0 Å². The van der Waals surface area contributed by atoms with Crippen LogP contribution in [0.25, 0.3) is 6.08 Å². The van der Waals surface area contributed by atoms with Crippen LogP contribution in [0.4, 0.5) is 5.69 Å². The Morgan fingerprint density at radius 2 is 1.96 bits per heavy atom. The van der Waals surface area contributed by atoms with Gasteiger partial charge in [0.1, 0.15) is 17.4 Å². The number of esters is 1. The van der Waals surface area contributed by atoms with Gasteiger partial charge in [-0.1, -0.05) is 6.07 Å². The SMILES string of the molecule is CCOC(=O)c1ccc(NC(=O)/C(C#N)=C/c2ccc(O)c(I)c2)cc1. The van der Waals surface area contributed by atoms with Crippen LogP contribution in [-0.2, 0) is 9.53 Å². The number of phenols is 1. The van der Waals surface area contributed by atoms with Crippen molar-refractivity contribution in [2.45, 2.75) is 6.92 Å². The maximum absolute atomic E-state index is 12.3. The molecule has 2 N–H and O–H groups in total. The number of phenolic OH excluding ortho intramolecular Hbond substituents is 1. The number of nitrogens with one attached hydrogen (secondary N) is 1. The summed E-state index contributed by atoms with van der Waals surface area (Å²) in [5.41, 5.74) is 1.36. The molecule has 0 saturated carbocycles. The van der Waals surface area contributed by atoms with Crippen molar-refractivity contribution >= 4 is 46.2 Å². The Morgan fingerprint density at radius 1 is 1.27 bits per heavy atom. The third kappa shape index (κ3) is 5.07. The Kier molecular flexibility index (Phi) is 6.74. The summed E-state index contributed by atoms with van der Waals surface area (Å²) in [6.07, 6.45) is 1.43. The topological polar surface area (TPSA) is 99.4 Å². The number of hydrogen-bond donors (Lipinski definition) is 2. The van der Waals surface area contributed by atoms with Gasteiger partial charge in [-0.3, -0.25) is 4.79 Å². The van der Waals surface area contributed by atoms with E-state index >= 15 is 0 Å². The monoisotopic (exact) mass is 462 g/mol. The van der Waals surface area contributed by atoms with E-state index in [9.17, 15) is 20.0 Å². The number of aromatic hydroxyl groups is 1. The van der Waals surface area contributed by atoms with E-state index < -0.39 is 11.9 Å². The van der Waals surface area contributed by atoms with Crippen LogP contribution in [0.2, 0.25) is 0 Å². The van der Waals surface area contributed by atoms with Gasteiger partial charge in [0.05, 0.1) is 15.7 Å². The zero-order valence-corrected chi connectivity index (χ0v) is 16.0. The minimum atomic E-state index is -0.570. The lowest BCUT2D eigenvalue weighted by Crippen LogP contribution is -2.13. The molecule has 0 aromatic heterocycles. The predicted molar refractivity (Wildman–Crippen MR) is 105 cm³/mol. The number of hydrogen-bond acceptors (Lipinski definition) is 5. The molecule has 0 unspecified atom stereocenters. The minimum Gasteiger partial charge on any atom is -0.507 e. The van der Waals surface area contributed by atoms with Crippen molar-refractivity contribution in [2.75, 3.05) is 11.9 Å². The molecule has 0 aliphatic heterocycles. The number of carbonyl (C=O) groups is 2. The minimum absolute atomic E-state index is 0.0824. The van der Waals surface area contributed by atoms with Crippen LogP contribution in [0.1, 0.15) is 22.8 Å². The van der Waals surface area contributed by atoms with Crippen LogP contribution < -0.4 is 5.32 Å². The molecule has 7 heteroatoms. The summed E-state index contributed by atoms with van der Waals surface area (Å²) in [5.74, 6) is -0.878. The first kappa shape index (κ1) is 19.5. The molecule has 132 valence electrons. The lowest BCUT2D eigenvalue weighted by Gasteiger charge is -2.06. The number of benzene rings is 2. The molecule has 6 nitrogen and oxygen atoms in total. The first-order valence-electron chi connectivity index (χ1n) is 7.63. The highest BCUT2D eigenvalue weighted by molar-refractivity contribution is 14.1. The molecule has 0 aliphatic rings. The van der Waals surface area contributed by atoms with Gasteiger partial charge in [0.25, 0.3) is 5.91 Å². The fraction of sp³-hybridized carbons (Fsp3) is 0.105. The molecule has 2 aromatic rings. The second-order valence-electron chi connectivity index (χ2n) is 5.13. The van der Waals surface area contributed by atoms with Crippen molar-refractivity contribution in [3.63, 3.8) is 0 Å². The summed E-state index contributed by atoms with van der Waals surface area (Å²) in [6.45, 7) is 2.00. The van der Waals surface area contributed by atoms with Crippen molar-refractivity contribution in [1.82, 2.24) is 0 Å². The van der Waals surface area contributed by atoms with E-state index in [4.69, 9.17) is 4.74 Å². The van der Waals surface area contributed by atoms with E-state index in [2.05, 4.69) is 5.32 Å². The van der Waals surface area contributed by atoms with Gasteiger partial charge in [0.2, 0.25) is 0 Å². The van der Waals surface area contributed by atoms with Crippen molar-refractivity contribution in [1.29, 1.82) is 5.26 Å². The molecule has 0 bridgehead atoms. The van der Waals surface area contributed by atoms with Gasteiger partial charge in [0.15, 0.2) is 0 Å². The smallest absolute Gasteiger partial charge is 0.338 e. The van der Waals surface area contributed by atoms with E-state index in [1.54, 1.807) is 31.2 Å². The number of amides is 1. The number of anilines is 1. The van der Waals surface area contributed by atoms with Crippen LogP contribution >= 0.6 is 22.6 Å². The molecule has 0 saturated heterocycles. The van der Waals surface area contributed by atoms with Gasteiger partial charge in [-0.25, -0.2) is 4.79 Å². The van der Waals surface area contributed by atoms with Gasteiger partial charge >= 0.3 is 5.97 Å². The first-order valence-corrected chi connectivity index (χ1v) is 8.71. The summed E-state index contributed by atoms with van der Waals surface area (Å²) in [6, 6.07) is 12.8. The van der Waals surface area contributed by atoms with Crippen LogP contribution in [0.5, 0.6) is 5.75 Å². The first-order chi connectivity index (χ1) is 12.4. The highest BCUT2D eigenvalue weighted by atomic mass is 127. The average Bonchev–Trinajstić information content (AvgIpc) is 2.63. The Hall–Kier alpha value is -2.86. The zero-order chi connectivity index (χ0) is 19.1. The second kappa shape index (κ2) is 9.01. The number of nitriles is 1. The zero-order valence-electron chi connectivity index (χ0n) is 13.8. The van der Waals surface area contributed by atoms with Crippen LogP contribution in [0.3, 0.4) is 0 Å². The highest BCUT2D eigenvalue weighted by Crippen LogP contribution is 2.22. The molecule has 0 atom stereocenters. The van der Waals surface area contributed by atoms with Crippen LogP contribution in [-0.4, -0.2) is 23.6 Å². The molecule has 0 fully saturated rings. The third-order valence-electron chi connectivity index (χ3n) is 3.30. The predicted octanol–water partition coefficient (Wildman–Crippen LogP) is 3.72. The summed E-state index contributed by atoms with van der Waals surface area (Å²) in [4.78, 5) is 23.9. The molecule has 2 aromatic carbocycles. The number of rotatable bonds is 5. The summed E-state index contributed by atoms with van der Waals surface area (Å²) < 4.78 is 5.51. The Morgan fingerprint density at radius 3 is 2.54 bits per heavy atom. The molecule has 0 spiro atoms. The molecule has 0 heterocycles. The van der Waals surface area contributed by atoms with Crippen molar-refractivity contribution in [3.05, 3.63) is 62.7 Å². The quantitative estimate of drug-likeness (QED) is 0.306. The van der Waals surface area contributed by atoms with Crippen molar-refractivity contribution < 1.29 is 19.4 Å². The number of carbonyl (C=O) groups excluding carboxylic acids is 2. The molecule has 0 radical (unpaired) electrons. The normalized spacial score (nSPS) is 10.7. The van der Waals surface area contributed by atoms with Gasteiger partial charge in [0, 0.05) is 5.69 Å². The standard InChI is InChI=1S/C19H15IN2O4/c1-2-26-19(25)13-4-6-15(7-5-13)22-18(24)14(11-21)9-12-3-8-17(23)16(20)10-12/h3-10,23H,2H2,1H3,(H,22,24)/b14-9+. The Balaban J connectivity index is 2.14. The van der Waals surface area contributed by atoms with Crippen LogP contribution in [0.15, 0.2) is 48.0 Å². The van der Waals surface area contributed by atoms with Gasteiger partial charge < -0.3 is 15.2 Å². The summed E-state index contributed by atoms with van der Waals surface area (Å²) in [5, 5.41) is 21.4. The average molecular weight is 462 g/mol. The molecule has 2 rings (SSSR count). The maximum atomic E-state index is 12.3. The number of ether oxygens (including phenoxy) is 1. The van der Waals surface area contributed by atoms with Crippen molar-refractivity contribution in [2.24, 2.45) is 0 Å². The summed E-state index contributed by atoms with van der Waals surface area (Å²) >= 11 is 1.96. The van der Waals surface area contributed by atoms with Crippen molar-refractivity contribution in [3.8, 4) is 11.8 Å². The highest BCUT2D eigenvalue weighted by Gasteiger charge is 2.11. The maximum Gasteiger partial charge on any atom is 0.338 e. The fourth-order valence-corrected chi connectivity index (χ4v) is 2.57. The molecule has 1 amide bonds. The van der Waals surface area contributed by atoms with E-state index in [1.807, 2.05) is 28.7 Å². The van der Waals surface area contributed by atoms with Crippen LogP contribution in [0, 0.1) is 14.9 Å². The third-order valence-corrected chi connectivity index (χ3v) is 4.17. The number of nitrogens with zero attached hydrogens (tertiary/aromatic N) is 1. The summed E-state index contributed by atoms with van der Waals surface area (Å²) in [7, 11) is 0. The molecule has 0 aliphatic carbocycles. The largest absolute Gasteiger partial charge is 0.507 e. The second-order valence-corrected chi connectivity index (χ2v) is 6.29. The van der Waals surface area contributed by atoms with Gasteiger partial charge in [-0.2, -0.15) is 5.26 Å². The van der Waals surface area contributed by atoms with E-state index in [-0.39, 0.29) is 17.9 Å². The molecule has 26 heavy (non-hydrogen) atoms. The van der Waals surface area contributed by atoms with E-state index in [1.165, 1.54) is 24.3 Å². The fourth-order valence-electron chi connectivity index (χ4n) is 2.03. The van der Waals surface area contributed by atoms with Gasteiger partial charge in [-0.15, -0.1) is 0 Å². The number of halogens is 1. The molecular weight excluding hydrogens is 447 g/mol. The molecular formula is C19H15IN2O4. The Bertz CT molecular complexity index is 899. The van der Waals surface area contributed by atoms with Gasteiger partial charge in [-0.05, 0) is 77.6 Å².